The second-order valence-corrected chi connectivity index (χ2v) is 3.77. The number of benzene rings is 1. The molecule has 0 unspecified atom stereocenters. The Morgan fingerprint density at radius 2 is 1.65 bits per heavy atom. The van der Waals surface area contributed by atoms with Crippen molar-refractivity contribution in [3.63, 3.8) is 0 Å². The number of hydrogen-bond donors (Lipinski definition) is 0. The third kappa shape index (κ3) is 7.78. The molecule has 0 aliphatic rings. The summed E-state index contributed by atoms with van der Waals surface area (Å²) in [5, 5.41) is 0. The lowest BCUT2D eigenvalue weighted by molar-refractivity contribution is -0.153. The molecule has 20 heavy (non-hydrogen) atoms. The molecular formula is C14H19F3O3. The summed E-state index contributed by atoms with van der Waals surface area (Å²) in [6.07, 6.45) is 0. The number of rotatable bonds is 5. The SMILES string of the molecule is CC(=O)OCC(F)(F)c1ccc(F)cc1.CCOCC. The van der Waals surface area contributed by atoms with E-state index in [0.29, 0.717) is 0 Å². The van der Waals surface area contributed by atoms with Gasteiger partial charge in [-0.15, -0.1) is 0 Å². The zero-order valence-corrected chi connectivity index (χ0v) is 11.8. The van der Waals surface area contributed by atoms with Crippen molar-refractivity contribution in [3.8, 4) is 0 Å². The van der Waals surface area contributed by atoms with Gasteiger partial charge >= 0.3 is 11.9 Å². The van der Waals surface area contributed by atoms with E-state index in [9.17, 15) is 18.0 Å². The number of alkyl halides is 2. The number of esters is 1. The Morgan fingerprint density at radius 3 is 2.00 bits per heavy atom. The van der Waals surface area contributed by atoms with Crippen molar-refractivity contribution in [1.82, 2.24) is 0 Å². The van der Waals surface area contributed by atoms with Crippen molar-refractivity contribution >= 4 is 5.97 Å². The molecule has 6 heteroatoms. The summed E-state index contributed by atoms with van der Waals surface area (Å²) in [7, 11) is 0. The van der Waals surface area contributed by atoms with E-state index in [2.05, 4.69) is 4.74 Å². The summed E-state index contributed by atoms with van der Waals surface area (Å²) in [5.41, 5.74) is -0.384. The van der Waals surface area contributed by atoms with Crippen molar-refractivity contribution in [3.05, 3.63) is 35.6 Å². The minimum Gasteiger partial charge on any atom is -0.459 e. The van der Waals surface area contributed by atoms with Crippen LogP contribution in [0.5, 0.6) is 0 Å². The van der Waals surface area contributed by atoms with Crippen LogP contribution in [0.2, 0.25) is 0 Å². The van der Waals surface area contributed by atoms with Crippen molar-refractivity contribution in [2.75, 3.05) is 19.8 Å². The maximum atomic E-state index is 13.2. The summed E-state index contributed by atoms with van der Waals surface area (Å²) < 4.78 is 48.0. The lowest BCUT2D eigenvalue weighted by Gasteiger charge is -2.15. The molecule has 0 aliphatic carbocycles. The average Bonchev–Trinajstić information content (AvgIpc) is 2.39. The van der Waals surface area contributed by atoms with Gasteiger partial charge in [0.2, 0.25) is 0 Å². The van der Waals surface area contributed by atoms with Crippen LogP contribution in [0.15, 0.2) is 24.3 Å². The molecule has 0 fully saturated rings. The van der Waals surface area contributed by atoms with E-state index in [1.807, 2.05) is 13.8 Å². The van der Waals surface area contributed by atoms with Crippen molar-refractivity contribution in [1.29, 1.82) is 0 Å². The molecule has 3 nitrogen and oxygen atoms in total. The highest BCUT2D eigenvalue weighted by Crippen LogP contribution is 2.28. The Morgan fingerprint density at radius 1 is 1.15 bits per heavy atom. The van der Waals surface area contributed by atoms with Gasteiger partial charge in [-0.05, 0) is 26.0 Å². The van der Waals surface area contributed by atoms with Gasteiger partial charge in [0.05, 0.1) is 0 Å². The molecular weight excluding hydrogens is 273 g/mol. The molecule has 0 radical (unpaired) electrons. The minimum absolute atomic E-state index is 0.384. The molecule has 1 rings (SSSR count). The average molecular weight is 292 g/mol. The quantitative estimate of drug-likeness (QED) is 0.779. The van der Waals surface area contributed by atoms with Crippen LogP contribution in [0.25, 0.3) is 0 Å². The molecule has 0 atom stereocenters. The van der Waals surface area contributed by atoms with E-state index in [1.54, 1.807) is 0 Å². The van der Waals surface area contributed by atoms with Gasteiger partial charge in [0.15, 0.2) is 6.61 Å². The number of ether oxygens (including phenoxy) is 2. The molecule has 1 aromatic rings. The number of carbonyl (C=O) groups excluding carboxylic acids is 1. The Hall–Kier alpha value is -1.56. The fraction of sp³-hybridized carbons (Fsp3) is 0.500. The molecule has 1 aromatic carbocycles. The standard InChI is InChI=1S/C10H9F3O2.C4H10O/c1-7(14)15-6-10(12,13)8-2-4-9(11)5-3-8;1-3-5-4-2/h2-5H,6H2,1H3;3-4H2,1-2H3. The summed E-state index contributed by atoms with van der Waals surface area (Å²) in [5.74, 6) is -4.67. The second-order valence-electron chi connectivity index (χ2n) is 3.77. The van der Waals surface area contributed by atoms with Gasteiger partial charge in [0, 0.05) is 25.7 Å². The maximum absolute atomic E-state index is 13.2. The number of carbonyl (C=O) groups is 1. The van der Waals surface area contributed by atoms with Crippen LogP contribution < -0.4 is 0 Å². The Bertz CT molecular complexity index is 389. The zero-order valence-electron chi connectivity index (χ0n) is 11.8. The van der Waals surface area contributed by atoms with Crippen LogP contribution >= 0.6 is 0 Å². The van der Waals surface area contributed by atoms with Crippen molar-refractivity contribution in [2.24, 2.45) is 0 Å². The van der Waals surface area contributed by atoms with Crippen LogP contribution in [0.3, 0.4) is 0 Å². The van der Waals surface area contributed by atoms with Gasteiger partial charge in [0.25, 0.3) is 0 Å². The highest BCUT2D eigenvalue weighted by molar-refractivity contribution is 5.65. The van der Waals surface area contributed by atoms with Crippen LogP contribution in [0.1, 0.15) is 26.3 Å². The molecule has 0 heterocycles. The fourth-order valence-electron chi connectivity index (χ4n) is 1.17. The van der Waals surface area contributed by atoms with E-state index in [0.717, 1.165) is 44.4 Å². The van der Waals surface area contributed by atoms with E-state index < -0.39 is 24.3 Å². The lowest BCUT2D eigenvalue weighted by Crippen LogP contribution is -2.22. The molecule has 0 spiro atoms. The van der Waals surface area contributed by atoms with Crippen LogP contribution in [0.4, 0.5) is 13.2 Å². The summed E-state index contributed by atoms with van der Waals surface area (Å²) in [6.45, 7) is 5.68. The predicted molar refractivity (Wildman–Crippen MR) is 69.1 cm³/mol. The zero-order chi connectivity index (χ0) is 15.6. The smallest absolute Gasteiger partial charge is 0.306 e. The predicted octanol–water partition coefficient (Wildman–Crippen LogP) is 3.52. The van der Waals surface area contributed by atoms with E-state index in [-0.39, 0.29) is 5.56 Å². The van der Waals surface area contributed by atoms with Gasteiger partial charge in [-0.1, -0.05) is 12.1 Å². The molecule has 114 valence electrons. The second kappa shape index (κ2) is 9.36. The van der Waals surface area contributed by atoms with Crippen LogP contribution in [-0.2, 0) is 20.2 Å². The maximum Gasteiger partial charge on any atom is 0.306 e. The Labute approximate surface area is 116 Å². The third-order valence-electron chi connectivity index (χ3n) is 2.13. The number of halogens is 3. The summed E-state index contributed by atoms with van der Waals surface area (Å²) in [6, 6.07) is 3.77. The summed E-state index contributed by atoms with van der Waals surface area (Å²) >= 11 is 0. The van der Waals surface area contributed by atoms with Gasteiger partial charge in [-0.2, -0.15) is 8.78 Å². The minimum atomic E-state index is -3.29. The molecule has 0 N–H and O–H groups in total. The molecule has 0 bridgehead atoms. The fourth-order valence-corrected chi connectivity index (χ4v) is 1.17. The Kier molecular flexibility index (Phi) is 8.63. The first-order chi connectivity index (χ1) is 9.33. The first-order valence-corrected chi connectivity index (χ1v) is 6.18. The van der Waals surface area contributed by atoms with Crippen molar-refractivity contribution < 1.29 is 27.4 Å². The van der Waals surface area contributed by atoms with E-state index >= 15 is 0 Å². The highest BCUT2D eigenvalue weighted by Gasteiger charge is 2.32. The molecule has 0 aromatic heterocycles. The first kappa shape index (κ1) is 18.4. The largest absolute Gasteiger partial charge is 0.459 e. The molecule has 0 amide bonds. The van der Waals surface area contributed by atoms with Gasteiger partial charge in [-0.25, -0.2) is 4.39 Å². The Balaban J connectivity index is 0.000000621. The highest BCUT2D eigenvalue weighted by atomic mass is 19.3. The topological polar surface area (TPSA) is 35.5 Å². The van der Waals surface area contributed by atoms with E-state index in [1.165, 1.54) is 0 Å². The van der Waals surface area contributed by atoms with Gasteiger partial charge in [0.1, 0.15) is 5.82 Å². The van der Waals surface area contributed by atoms with Crippen LogP contribution in [0, 0.1) is 5.82 Å². The monoisotopic (exact) mass is 292 g/mol. The van der Waals surface area contributed by atoms with E-state index in [4.69, 9.17) is 4.74 Å². The van der Waals surface area contributed by atoms with Gasteiger partial charge < -0.3 is 9.47 Å². The van der Waals surface area contributed by atoms with Gasteiger partial charge in [-0.3, -0.25) is 4.79 Å². The third-order valence-corrected chi connectivity index (χ3v) is 2.13. The first-order valence-electron chi connectivity index (χ1n) is 6.18. The molecule has 0 saturated carbocycles. The molecule has 0 saturated heterocycles. The summed E-state index contributed by atoms with van der Waals surface area (Å²) in [4.78, 5) is 10.4. The number of hydrogen-bond acceptors (Lipinski definition) is 3. The normalized spacial score (nSPS) is 10.5. The lowest BCUT2D eigenvalue weighted by atomic mass is 10.1. The van der Waals surface area contributed by atoms with Crippen molar-refractivity contribution in [2.45, 2.75) is 26.7 Å². The van der Waals surface area contributed by atoms with Crippen LogP contribution in [-0.4, -0.2) is 25.8 Å². The molecule has 0 aliphatic heterocycles.